The minimum Gasteiger partial charge on any atom is -0.392 e. The summed E-state index contributed by atoms with van der Waals surface area (Å²) in [6.07, 6.45) is 2.15. The normalized spacial score (nSPS) is 29.4. The standard InChI is InChI=1S/C9H15N3O2/c1-2-7(13)9(11-12-10)6-4-3-5-8(9)14/h7,13H,2-6H2,1H3. The topological polar surface area (TPSA) is 86.1 Å². The minimum atomic E-state index is -1.18. The van der Waals surface area contributed by atoms with E-state index >= 15 is 0 Å². The van der Waals surface area contributed by atoms with E-state index in [2.05, 4.69) is 10.0 Å². The highest BCUT2D eigenvalue weighted by Crippen LogP contribution is 2.33. The number of rotatable bonds is 3. The van der Waals surface area contributed by atoms with Gasteiger partial charge in [-0.3, -0.25) is 4.79 Å². The molecule has 1 aliphatic carbocycles. The Labute approximate surface area is 82.7 Å². The number of hydrogen-bond acceptors (Lipinski definition) is 3. The number of azide groups is 1. The lowest BCUT2D eigenvalue weighted by molar-refractivity contribution is -0.130. The molecule has 0 saturated heterocycles. The molecule has 1 saturated carbocycles. The van der Waals surface area contributed by atoms with Crippen LogP contribution in [0.2, 0.25) is 0 Å². The van der Waals surface area contributed by atoms with Crippen LogP contribution in [0.1, 0.15) is 39.0 Å². The van der Waals surface area contributed by atoms with Gasteiger partial charge in [0.1, 0.15) is 11.3 Å². The second kappa shape index (κ2) is 4.44. The number of Topliss-reactive ketones (excluding diaryl/α,β-unsaturated/α-hetero) is 1. The smallest absolute Gasteiger partial charge is 0.147 e. The molecule has 1 N–H and O–H groups in total. The van der Waals surface area contributed by atoms with Gasteiger partial charge in [0.05, 0.1) is 6.10 Å². The summed E-state index contributed by atoms with van der Waals surface area (Å²) >= 11 is 0. The minimum absolute atomic E-state index is 0.115. The summed E-state index contributed by atoms with van der Waals surface area (Å²) in [4.78, 5) is 14.4. The van der Waals surface area contributed by atoms with Crippen molar-refractivity contribution in [2.45, 2.75) is 50.7 Å². The maximum Gasteiger partial charge on any atom is 0.147 e. The highest BCUT2D eigenvalue weighted by atomic mass is 16.3. The zero-order chi connectivity index (χ0) is 10.6. The molecule has 78 valence electrons. The van der Waals surface area contributed by atoms with Gasteiger partial charge in [0.2, 0.25) is 0 Å². The molecule has 0 bridgehead atoms. The molecule has 0 spiro atoms. The molecule has 0 amide bonds. The average molecular weight is 197 g/mol. The molecule has 1 fully saturated rings. The molecular formula is C9H15N3O2. The fourth-order valence-electron chi connectivity index (χ4n) is 1.98. The van der Waals surface area contributed by atoms with Crippen molar-refractivity contribution in [1.82, 2.24) is 0 Å². The second-order valence-electron chi connectivity index (χ2n) is 3.67. The Morgan fingerprint density at radius 1 is 1.71 bits per heavy atom. The largest absolute Gasteiger partial charge is 0.392 e. The number of carbonyl (C=O) groups is 1. The Balaban J connectivity index is 3.00. The first-order chi connectivity index (χ1) is 6.67. The van der Waals surface area contributed by atoms with Crippen LogP contribution in [0.15, 0.2) is 5.11 Å². The fourth-order valence-corrected chi connectivity index (χ4v) is 1.98. The van der Waals surface area contributed by atoms with Crippen molar-refractivity contribution >= 4 is 5.78 Å². The third-order valence-electron chi connectivity index (χ3n) is 2.86. The van der Waals surface area contributed by atoms with Crippen LogP contribution < -0.4 is 0 Å². The van der Waals surface area contributed by atoms with E-state index in [-0.39, 0.29) is 5.78 Å². The van der Waals surface area contributed by atoms with Gasteiger partial charge in [0, 0.05) is 11.3 Å². The lowest BCUT2D eigenvalue weighted by Crippen LogP contribution is -2.49. The zero-order valence-electron chi connectivity index (χ0n) is 8.31. The molecule has 2 atom stereocenters. The predicted octanol–water partition coefficient (Wildman–Crippen LogP) is 1.95. The summed E-state index contributed by atoms with van der Waals surface area (Å²) in [5.74, 6) is -0.115. The van der Waals surface area contributed by atoms with Crippen LogP contribution in [0.25, 0.3) is 10.4 Å². The van der Waals surface area contributed by atoms with Crippen molar-refractivity contribution in [3.63, 3.8) is 0 Å². The van der Waals surface area contributed by atoms with Crippen molar-refractivity contribution in [3.8, 4) is 0 Å². The predicted molar refractivity (Wildman–Crippen MR) is 51.6 cm³/mol. The number of nitrogens with zero attached hydrogens (tertiary/aromatic N) is 3. The maximum absolute atomic E-state index is 11.7. The Morgan fingerprint density at radius 3 is 2.93 bits per heavy atom. The molecular weight excluding hydrogens is 182 g/mol. The first kappa shape index (κ1) is 11.0. The van der Waals surface area contributed by atoms with E-state index in [9.17, 15) is 9.90 Å². The maximum atomic E-state index is 11.7. The first-order valence-corrected chi connectivity index (χ1v) is 4.95. The van der Waals surface area contributed by atoms with Crippen LogP contribution in [-0.4, -0.2) is 22.5 Å². The number of aliphatic hydroxyl groups excluding tert-OH is 1. The summed E-state index contributed by atoms with van der Waals surface area (Å²) in [5, 5.41) is 13.3. The fraction of sp³-hybridized carbons (Fsp3) is 0.889. The average Bonchev–Trinajstić information content (AvgIpc) is 2.20. The molecule has 5 heteroatoms. The molecule has 0 aliphatic heterocycles. The van der Waals surface area contributed by atoms with Gasteiger partial charge in [0.25, 0.3) is 0 Å². The van der Waals surface area contributed by atoms with Crippen molar-refractivity contribution in [2.24, 2.45) is 5.11 Å². The summed E-state index contributed by atoms with van der Waals surface area (Å²) in [6.45, 7) is 1.78. The highest BCUT2D eigenvalue weighted by Gasteiger charge is 2.44. The Bertz CT molecular complexity index is 273. The van der Waals surface area contributed by atoms with Gasteiger partial charge in [-0.1, -0.05) is 18.5 Å². The zero-order valence-corrected chi connectivity index (χ0v) is 8.31. The highest BCUT2D eigenvalue weighted by molar-refractivity contribution is 5.90. The molecule has 1 aliphatic rings. The van der Waals surface area contributed by atoms with Gasteiger partial charge in [-0.25, -0.2) is 0 Å². The molecule has 0 aromatic carbocycles. The summed E-state index contributed by atoms with van der Waals surface area (Å²) in [6, 6.07) is 0. The van der Waals surface area contributed by atoms with E-state index in [1.54, 1.807) is 6.92 Å². The Hall–Kier alpha value is -1.06. The lowest BCUT2D eigenvalue weighted by atomic mass is 9.76. The van der Waals surface area contributed by atoms with E-state index in [4.69, 9.17) is 5.53 Å². The molecule has 0 radical (unpaired) electrons. The molecule has 5 nitrogen and oxygen atoms in total. The Kier molecular flexibility index (Phi) is 3.49. The third-order valence-corrected chi connectivity index (χ3v) is 2.86. The van der Waals surface area contributed by atoms with E-state index in [0.29, 0.717) is 19.3 Å². The first-order valence-electron chi connectivity index (χ1n) is 4.95. The van der Waals surface area contributed by atoms with Crippen molar-refractivity contribution in [1.29, 1.82) is 0 Å². The quantitative estimate of drug-likeness (QED) is 0.426. The molecule has 14 heavy (non-hydrogen) atoms. The van der Waals surface area contributed by atoms with Crippen LogP contribution in [0.3, 0.4) is 0 Å². The summed E-state index contributed by atoms with van der Waals surface area (Å²) < 4.78 is 0. The third kappa shape index (κ3) is 1.74. The van der Waals surface area contributed by atoms with Crippen LogP contribution >= 0.6 is 0 Å². The molecule has 0 aromatic rings. The number of hydrogen-bond donors (Lipinski definition) is 1. The van der Waals surface area contributed by atoms with Gasteiger partial charge in [0.15, 0.2) is 0 Å². The van der Waals surface area contributed by atoms with E-state index < -0.39 is 11.6 Å². The van der Waals surface area contributed by atoms with Crippen molar-refractivity contribution < 1.29 is 9.90 Å². The van der Waals surface area contributed by atoms with Gasteiger partial charge in [-0.2, -0.15) is 0 Å². The van der Waals surface area contributed by atoms with Crippen LogP contribution in [-0.2, 0) is 4.79 Å². The van der Waals surface area contributed by atoms with E-state index in [0.717, 1.165) is 12.8 Å². The second-order valence-corrected chi connectivity index (χ2v) is 3.67. The lowest BCUT2D eigenvalue weighted by Gasteiger charge is -2.34. The molecule has 0 aromatic heterocycles. The van der Waals surface area contributed by atoms with Crippen molar-refractivity contribution in [3.05, 3.63) is 10.4 Å². The number of aliphatic hydroxyl groups is 1. The monoisotopic (exact) mass is 197 g/mol. The molecule has 1 rings (SSSR count). The van der Waals surface area contributed by atoms with E-state index in [1.807, 2.05) is 0 Å². The molecule has 2 unspecified atom stereocenters. The van der Waals surface area contributed by atoms with Gasteiger partial charge in [-0.05, 0) is 24.8 Å². The van der Waals surface area contributed by atoms with Gasteiger partial charge < -0.3 is 5.11 Å². The number of carbonyl (C=O) groups excluding carboxylic acids is 1. The van der Waals surface area contributed by atoms with Crippen LogP contribution in [0.5, 0.6) is 0 Å². The Morgan fingerprint density at radius 2 is 2.43 bits per heavy atom. The van der Waals surface area contributed by atoms with Gasteiger partial charge in [-0.15, -0.1) is 0 Å². The van der Waals surface area contributed by atoms with E-state index in [1.165, 1.54) is 0 Å². The number of ketones is 1. The van der Waals surface area contributed by atoms with Crippen molar-refractivity contribution in [2.75, 3.05) is 0 Å². The summed E-state index contributed by atoms with van der Waals surface area (Å²) in [5.41, 5.74) is 7.26. The van der Waals surface area contributed by atoms with Crippen LogP contribution in [0.4, 0.5) is 0 Å². The van der Waals surface area contributed by atoms with Gasteiger partial charge >= 0.3 is 0 Å². The SMILES string of the molecule is CCC(O)C1(N=[N+]=[N-])CCCCC1=O. The molecule has 0 heterocycles. The summed E-state index contributed by atoms with van der Waals surface area (Å²) in [7, 11) is 0. The van der Waals surface area contributed by atoms with Crippen LogP contribution in [0, 0.1) is 0 Å².